The number of rotatable bonds is 2. The van der Waals surface area contributed by atoms with E-state index in [9.17, 15) is 18.0 Å². The molecule has 2 heterocycles. The second-order valence-electron chi connectivity index (χ2n) is 5.53. The van der Waals surface area contributed by atoms with E-state index in [1.54, 1.807) is 18.2 Å². The molecule has 1 N–H and O–H groups in total. The van der Waals surface area contributed by atoms with E-state index < -0.39 is 17.6 Å². The highest BCUT2D eigenvalue weighted by atomic mass is 35.5. The number of nitrogens with one attached hydrogen (secondary N) is 1. The average Bonchev–Trinajstić information content (AvgIpc) is 2.50. The first-order valence-corrected chi connectivity index (χ1v) is 7.85. The molecule has 0 aliphatic carbocycles. The van der Waals surface area contributed by atoms with Gasteiger partial charge < -0.3 is 4.98 Å². The van der Waals surface area contributed by atoms with Gasteiger partial charge >= 0.3 is 6.18 Å². The molecule has 0 spiro atoms. The zero-order valence-electron chi connectivity index (χ0n) is 12.3. The molecule has 1 aliphatic heterocycles. The van der Waals surface area contributed by atoms with Crippen LogP contribution in [0.5, 0.6) is 0 Å². The Kier molecular flexibility index (Phi) is 4.59. The van der Waals surface area contributed by atoms with Gasteiger partial charge in [-0.3, -0.25) is 9.69 Å². The summed E-state index contributed by atoms with van der Waals surface area (Å²) in [6, 6.07) is 5.09. The van der Waals surface area contributed by atoms with Crippen molar-refractivity contribution in [2.45, 2.75) is 25.7 Å². The molecule has 1 aromatic heterocycles. The van der Waals surface area contributed by atoms with Gasteiger partial charge in [0, 0.05) is 36.1 Å². The molecule has 1 aromatic carbocycles. The van der Waals surface area contributed by atoms with E-state index in [2.05, 4.69) is 4.98 Å². The number of aromatic nitrogens is 2. The van der Waals surface area contributed by atoms with Gasteiger partial charge in [0.25, 0.3) is 5.56 Å². The topological polar surface area (TPSA) is 49.0 Å². The first-order valence-electron chi connectivity index (χ1n) is 7.09. The van der Waals surface area contributed by atoms with Gasteiger partial charge in [-0.2, -0.15) is 13.2 Å². The molecule has 0 atom stereocenters. The fourth-order valence-electron chi connectivity index (χ4n) is 2.66. The first-order chi connectivity index (χ1) is 11.2. The zero-order valence-corrected chi connectivity index (χ0v) is 13.8. The summed E-state index contributed by atoms with van der Waals surface area (Å²) in [6.45, 7) is 1.13. The molecule has 0 saturated heterocycles. The maximum Gasteiger partial charge on any atom is 0.449 e. The second-order valence-corrected chi connectivity index (χ2v) is 6.38. The number of nitrogens with zero attached hydrogens (tertiary/aromatic N) is 2. The first kappa shape index (κ1) is 17.3. The molecule has 0 unspecified atom stereocenters. The summed E-state index contributed by atoms with van der Waals surface area (Å²) in [6.07, 6.45) is -4.40. The third-order valence-corrected chi connectivity index (χ3v) is 4.42. The van der Waals surface area contributed by atoms with Crippen molar-refractivity contribution in [2.75, 3.05) is 6.54 Å². The average molecular weight is 378 g/mol. The summed E-state index contributed by atoms with van der Waals surface area (Å²) in [4.78, 5) is 19.3. The van der Waals surface area contributed by atoms with Crippen molar-refractivity contribution in [1.82, 2.24) is 14.9 Å². The van der Waals surface area contributed by atoms with E-state index in [1.165, 1.54) is 0 Å². The van der Waals surface area contributed by atoms with Crippen LogP contribution in [-0.4, -0.2) is 21.4 Å². The van der Waals surface area contributed by atoms with Crippen LogP contribution in [0.4, 0.5) is 13.2 Å². The maximum atomic E-state index is 12.7. The smallest absolute Gasteiger partial charge is 0.303 e. The number of alkyl halides is 3. The third-order valence-electron chi connectivity index (χ3n) is 3.82. The summed E-state index contributed by atoms with van der Waals surface area (Å²) >= 11 is 12.1. The van der Waals surface area contributed by atoms with Crippen molar-refractivity contribution < 1.29 is 13.2 Å². The minimum absolute atomic E-state index is 0.194. The SMILES string of the molecule is O=c1[nH]c(C(F)(F)F)nc2c1CN(Cc1cc(Cl)ccc1Cl)CC2. The molecule has 1 aliphatic rings. The minimum Gasteiger partial charge on any atom is -0.303 e. The molecule has 0 amide bonds. The minimum atomic E-state index is -4.67. The largest absolute Gasteiger partial charge is 0.449 e. The van der Waals surface area contributed by atoms with Crippen LogP contribution in [0, 0.1) is 0 Å². The predicted molar refractivity (Wildman–Crippen MR) is 84.1 cm³/mol. The van der Waals surface area contributed by atoms with E-state index in [0.717, 1.165) is 5.56 Å². The van der Waals surface area contributed by atoms with Gasteiger partial charge in [0.1, 0.15) is 0 Å². The number of hydrogen-bond acceptors (Lipinski definition) is 3. The molecule has 24 heavy (non-hydrogen) atoms. The van der Waals surface area contributed by atoms with E-state index in [1.807, 2.05) is 9.88 Å². The molecular formula is C15H12Cl2F3N3O. The molecule has 0 fully saturated rings. The Morgan fingerprint density at radius 1 is 1.29 bits per heavy atom. The molecule has 128 valence electrons. The van der Waals surface area contributed by atoms with Gasteiger partial charge in [-0.15, -0.1) is 0 Å². The Morgan fingerprint density at radius 2 is 2.04 bits per heavy atom. The lowest BCUT2D eigenvalue weighted by Crippen LogP contribution is -2.36. The third kappa shape index (κ3) is 3.58. The van der Waals surface area contributed by atoms with E-state index in [-0.39, 0.29) is 24.2 Å². The standard InChI is InChI=1S/C15H12Cl2F3N3O/c16-9-1-2-11(17)8(5-9)6-23-4-3-12-10(7-23)13(24)22-14(21-12)15(18,19)20/h1-2,5H,3-4,6-7H2,(H,21,22,24). The maximum absolute atomic E-state index is 12.7. The number of hydrogen-bond donors (Lipinski definition) is 1. The lowest BCUT2D eigenvalue weighted by molar-refractivity contribution is -0.145. The molecule has 2 aromatic rings. The number of benzene rings is 1. The monoisotopic (exact) mass is 377 g/mol. The lowest BCUT2D eigenvalue weighted by atomic mass is 10.1. The Morgan fingerprint density at radius 3 is 2.75 bits per heavy atom. The van der Waals surface area contributed by atoms with Gasteiger partial charge in [-0.1, -0.05) is 23.2 Å². The zero-order chi connectivity index (χ0) is 17.5. The van der Waals surface area contributed by atoms with Crippen LogP contribution in [0.2, 0.25) is 10.0 Å². The Hall–Kier alpha value is -1.57. The summed E-state index contributed by atoms with van der Waals surface area (Å²) in [7, 11) is 0. The second kappa shape index (κ2) is 6.38. The number of H-pyrrole nitrogens is 1. The Labute approximate surface area is 145 Å². The van der Waals surface area contributed by atoms with Gasteiger partial charge in [0.15, 0.2) is 0 Å². The summed E-state index contributed by atoms with van der Waals surface area (Å²) < 4.78 is 38.1. The Bertz CT molecular complexity index is 836. The van der Waals surface area contributed by atoms with Crippen molar-refractivity contribution in [1.29, 1.82) is 0 Å². The van der Waals surface area contributed by atoms with Crippen molar-refractivity contribution in [3.8, 4) is 0 Å². The molecule has 9 heteroatoms. The summed E-state index contributed by atoms with van der Waals surface area (Å²) in [5, 5.41) is 1.09. The summed E-state index contributed by atoms with van der Waals surface area (Å²) in [5.74, 6) is -1.25. The van der Waals surface area contributed by atoms with E-state index in [4.69, 9.17) is 23.2 Å². The van der Waals surface area contributed by atoms with Crippen LogP contribution in [0.25, 0.3) is 0 Å². The van der Waals surface area contributed by atoms with Crippen molar-refractivity contribution in [2.24, 2.45) is 0 Å². The molecule has 4 nitrogen and oxygen atoms in total. The van der Waals surface area contributed by atoms with Crippen molar-refractivity contribution in [3.63, 3.8) is 0 Å². The molecular weight excluding hydrogens is 366 g/mol. The van der Waals surface area contributed by atoms with Gasteiger partial charge in [0.05, 0.1) is 11.3 Å². The lowest BCUT2D eigenvalue weighted by Gasteiger charge is -2.28. The quantitative estimate of drug-likeness (QED) is 0.868. The highest BCUT2D eigenvalue weighted by Crippen LogP contribution is 2.27. The normalized spacial score (nSPS) is 15.4. The Balaban J connectivity index is 1.85. The highest BCUT2D eigenvalue weighted by Gasteiger charge is 2.35. The van der Waals surface area contributed by atoms with Crippen LogP contribution in [0.3, 0.4) is 0 Å². The highest BCUT2D eigenvalue weighted by molar-refractivity contribution is 6.33. The molecule has 0 bridgehead atoms. The van der Waals surface area contributed by atoms with Crippen molar-refractivity contribution >= 4 is 23.2 Å². The van der Waals surface area contributed by atoms with Crippen LogP contribution < -0.4 is 5.56 Å². The van der Waals surface area contributed by atoms with Gasteiger partial charge in [-0.25, -0.2) is 4.98 Å². The number of halogens is 5. The van der Waals surface area contributed by atoms with Gasteiger partial charge in [-0.05, 0) is 23.8 Å². The van der Waals surface area contributed by atoms with Crippen molar-refractivity contribution in [3.05, 3.63) is 61.2 Å². The van der Waals surface area contributed by atoms with E-state index >= 15 is 0 Å². The fourth-order valence-corrected chi connectivity index (χ4v) is 3.03. The van der Waals surface area contributed by atoms with Crippen LogP contribution in [0.1, 0.15) is 22.6 Å². The summed E-state index contributed by atoms with van der Waals surface area (Å²) in [5.41, 5.74) is 0.491. The fraction of sp³-hybridized carbons (Fsp3) is 0.333. The number of fused-ring (bicyclic) bond motifs is 1. The molecule has 0 radical (unpaired) electrons. The van der Waals surface area contributed by atoms with Crippen LogP contribution >= 0.6 is 23.2 Å². The van der Waals surface area contributed by atoms with E-state index in [0.29, 0.717) is 23.1 Å². The number of aromatic amines is 1. The predicted octanol–water partition coefficient (Wildman–Crippen LogP) is 3.65. The van der Waals surface area contributed by atoms with Crippen LogP contribution in [-0.2, 0) is 25.7 Å². The molecule has 0 saturated carbocycles. The van der Waals surface area contributed by atoms with Gasteiger partial charge in [0.2, 0.25) is 5.82 Å². The molecule has 3 rings (SSSR count). The van der Waals surface area contributed by atoms with Crippen LogP contribution in [0.15, 0.2) is 23.0 Å².